The highest BCUT2D eigenvalue weighted by atomic mass is 19.4. The van der Waals surface area contributed by atoms with Crippen molar-refractivity contribution in [2.24, 2.45) is 0 Å². The SMILES string of the molecule is N#Cc1ccc(C(NC(=O)Nc2cccc(C(F)(F)F)c2)C2=C(O)CCCC2=O)nc1. The Bertz CT molecular complexity index is 1070. The third kappa shape index (κ3) is 5.19. The van der Waals surface area contributed by atoms with Crippen molar-refractivity contribution in [1.29, 1.82) is 5.26 Å². The molecule has 3 rings (SSSR count). The van der Waals surface area contributed by atoms with Crippen LogP contribution in [0.5, 0.6) is 0 Å². The van der Waals surface area contributed by atoms with E-state index in [2.05, 4.69) is 15.6 Å². The Morgan fingerprint density at radius 3 is 2.61 bits per heavy atom. The molecular weight excluding hydrogens is 413 g/mol. The molecule has 1 aromatic heterocycles. The Kier molecular flexibility index (Phi) is 6.25. The molecule has 0 fully saturated rings. The molecule has 10 heteroatoms. The van der Waals surface area contributed by atoms with Crippen molar-refractivity contribution in [2.75, 3.05) is 5.32 Å². The second kappa shape index (κ2) is 8.87. The fraction of sp³-hybridized carbons (Fsp3) is 0.238. The van der Waals surface area contributed by atoms with Crippen molar-refractivity contribution >= 4 is 17.5 Å². The molecule has 0 aliphatic heterocycles. The fourth-order valence-electron chi connectivity index (χ4n) is 3.18. The number of halogens is 3. The summed E-state index contributed by atoms with van der Waals surface area (Å²) in [7, 11) is 0. The van der Waals surface area contributed by atoms with Gasteiger partial charge in [0.2, 0.25) is 0 Å². The Labute approximate surface area is 175 Å². The zero-order valence-electron chi connectivity index (χ0n) is 16.0. The fourth-order valence-corrected chi connectivity index (χ4v) is 3.18. The largest absolute Gasteiger partial charge is 0.512 e. The van der Waals surface area contributed by atoms with Gasteiger partial charge in [-0.15, -0.1) is 0 Å². The van der Waals surface area contributed by atoms with Crippen LogP contribution in [0.3, 0.4) is 0 Å². The standard InChI is InChI=1S/C21H17F3N4O3/c22-21(23,24)13-3-1-4-14(9-13)27-20(31)28-19(15-8-7-12(10-25)11-26-15)18-16(29)5-2-6-17(18)30/h1,3-4,7-9,11,19,29H,2,5-6H2,(H2,27,28,31). The van der Waals surface area contributed by atoms with Crippen LogP contribution in [0.25, 0.3) is 0 Å². The van der Waals surface area contributed by atoms with Gasteiger partial charge < -0.3 is 15.7 Å². The number of rotatable bonds is 4. The normalized spacial score (nSPS) is 15.2. The van der Waals surface area contributed by atoms with E-state index in [1.54, 1.807) is 0 Å². The predicted octanol–water partition coefficient (Wildman–Crippen LogP) is 4.40. The number of aliphatic hydroxyl groups is 1. The average molecular weight is 430 g/mol. The quantitative estimate of drug-likeness (QED) is 0.665. The number of Topliss-reactive ketones (excluding diaryl/α,β-unsaturated/α-hetero) is 1. The van der Waals surface area contributed by atoms with E-state index in [0.717, 1.165) is 18.2 Å². The first-order valence-corrected chi connectivity index (χ1v) is 9.25. The van der Waals surface area contributed by atoms with Gasteiger partial charge in [-0.3, -0.25) is 9.78 Å². The minimum Gasteiger partial charge on any atom is -0.512 e. The highest BCUT2D eigenvalue weighted by molar-refractivity contribution is 5.99. The maximum atomic E-state index is 12.9. The van der Waals surface area contributed by atoms with Crippen LogP contribution in [-0.2, 0) is 11.0 Å². The van der Waals surface area contributed by atoms with Crippen molar-refractivity contribution in [3.05, 3.63) is 70.7 Å². The maximum Gasteiger partial charge on any atom is 0.416 e. The summed E-state index contributed by atoms with van der Waals surface area (Å²) in [4.78, 5) is 29.1. The lowest BCUT2D eigenvalue weighted by Crippen LogP contribution is -2.37. The van der Waals surface area contributed by atoms with Gasteiger partial charge in [0.05, 0.1) is 22.4 Å². The average Bonchev–Trinajstić information content (AvgIpc) is 2.72. The lowest BCUT2D eigenvalue weighted by atomic mass is 9.89. The van der Waals surface area contributed by atoms with Crippen LogP contribution < -0.4 is 10.6 Å². The smallest absolute Gasteiger partial charge is 0.416 e. The number of pyridine rings is 1. The Morgan fingerprint density at radius 2 is 2.00 bits per heavy atom. The van der Waals surface area contributed by atoms with Gasteiger partial charge in [0.15, 0.2) is 5.78 Å². The number of urea groups is 1. The van der Waals surface area contributed by atoms with Crippen LogP contribution in [-0.4, -0.2) is 21.9 Å². The molecule has 3 N–H and O–H groups in total. The van der Waals surface area contributed by atoms with Gasteiger partial charge in [0, 0.05) is 24.7 Å². The molecule has 1 heterocycles. The molecular formula is C21H17F3N4O3. The summed E-state index contributed by atoms with van der Waals surface area (Å²) < 4.78 is 38.7. The van der Waals surface area contributed by atoms with Gasteiger partial charge in [-0.1, -0.05) is 6.07 Å². The van der Waals surface area contributed by atoms with Crippen molar-refractivity contribution in [2.45, 2.75) is 31.5 Å². The number of carbonyl (C=O) groups excluding carboxylic acids is 2. The van der Waals surface area contributed by atoms with Crippen molar-refractivity contribution in [3.63, 3.8) is 0 Å². The highest BCUT2D eigenvalue weighted by Crippen LogP contribution is 2.32. The number of aromatic nitrogens is 1. The number of allylic oxidation sites excluding steroid dienone is 1. The van der Waals surface area contributed by atoms with E-state index >= 15 is 0 Å². The van der Waals surface area contributed by atoms with E-state index in [-0.39, 0.29) is 46.9 Å². The zero-order valence-corrected chi connectivity index (χ0v) is 16.0. The van der Waals surface area contributed by atoms with Crippen molar-refractivity contribution < 1.29 is 27.9 Å². The molecule has 1 aliphatic carbocycles. The monoisotopic (exact) mass is 430 g/mol. The molecule has 2 aromatic rings. The zero-order chi connectivity index (χ0) is 22.6. The summed E-state index contributed by atoms with van der Waals surface area (Å²) in [5.41, 5.74) is -0.632. The van der Waals surface area contributed by atoms with Crippen LogP contribution in [0.4, 0.5) is 23.7 Å². The van der Waals surface area contributed by atoms with Gasteiger partial charge in [0.1, 0.15) is 17.9 Å². The molecule has 1 aromatic carbocycles. The van der Waals surface area contributed by atoms with Crippen LogP contribution in [0.2, 0.25) is 0 Å². The third-order valence-corrected chi connectivity index (χ3v) is 4.65. The number of nitrogens with zero attached hydrogens (tertiary/aromatic N) is 2. The number of anilines is 1. The van der Waals surface area contributed by atoms with E-state index in [4.69, 9.17) is 5.26 Å². The molecule has 0 bridgehead atoms. The molecule has 1 aliphatic rings. The van der Waals surface area contributed by atoms with E-state index in [9.17, 15) is 27.9 Å². The maximum absolute atomic E-state index is 12.9. The number of ketones is 1. The first kappa shape index (κ1) is 21.8. The number of amides is 2. The summed E-state index contributed by atoms with van der Waals surface area (Å²) >= 11 is 0. The van der Waals surface area contributed by atoms with E-state index in [1.165, 1.54) is 24.4 Å². The Morgan fingerprint density at radius 1 is 1.23 bits per heavy atom. The van der Waals surface area contributed by atoms with Gasteiger partial charge in [-0.25, -0.2) is 4.79 Å². The number of hydrogen-bond donors (Lipinski definition) is 3. The molecule has 7 nitrogen and oxygen atoms in total. The molecule has 31 heavy (non-hydrogen) atoms. The summed E-state index contributed by atoms with van der Waals surface area (Å²) in [5.74, 6) is -0.564. The molecule has 1 unspecified atom stereocenters. The van der Waals surface area contributed by atoms with Crippen LogP contribution in [0.15, 0.2) is 53.9 Å². The molecule has 0 radical (unpaired) electrons. The van der Waals surface area contributed by atoms with Crippen molar-refractivity contribution in [3.8, 4) is 6.07 Å². The minimum atomic E-state index is -4.58. The summed E-state index contributed by atoms with van der Waals surface area (Å²) in [6.45, 7) is 0. The lowest BCUT2D eigenvalue weighted by Gasteiger charge is -2.24. The lowest BCUT2D eigenvalue weighted by molar-refractivity contribution is -0.137. The van der Waals surface area contributed by atoms with Crippen LogP contribution >= 0.6 is 0 Å². The van der Waals surface area contributed by atoms with E-state index in [0.29, 0.717) is 6.42 Å². The number of hydrogen-bond acceptors (Lipinski definition) is 5. The minimum absolute atomic E-state index is 0.0392. The first-order chi connectivity index (χ1) is 14.7. The first-order valence-electron chi connectivity index (χ1n) is 9.25. The van der Waals surface area contributed by atoms with Gasteiger partial charge in [0.25, 0.3) is 0 Å². The van der Waals surface area contributed by atoms with E-state index < -0.39 is 23.8 Å². The second-order valence-electron chi connectivity index (χ2n) is 6.83. The van der Waals surface area contributed by atoms with Gasteiger partial charge >= 0.3 is 12.2 Å². The Hall–Kier alpha value is -3.87. The summed E-state index contributed by atoms with van der Waals surface area (Å²) in [6, 6.07) is 6.80. The third-order valence-electron chi connectivity index (χ3n) is 4.65. The molecule has 1 atom stereocenters. The van der Waals surface area contributed by atoms with Gasteiger partial charge in [-0.2, -0.15) is 18.4 Å². The molecule has 0 saturated carbocycles. The van der Waals surface area contributed by atoms with Gasteiger partial charge in [-0.05, 0) is 36.8 Å². The molecule has 0 saturated heterocycles. The predicted molar refractivity (Wildman–Crippen MR) is 104 cm³/mol. The highest BCUT2D eigenvalue weighted by Gasteiger charge is 2.32. The number of carbonyl (C=O) groups is 2. The molecule has 2 amide bonds. The summed E-state index contributed by atoms with van der Waals surface area (Å²) in [5, 5.41) is 24.0. The Balaban J connectivity index is 1.89. The number of aliphatic hydroxyl groups excluding tert-OH is 1. The van der Waals surface area contributed by atoms with Crippen LogP contribution in [0.1, 0.15) is 42.1 Å². The molecule has 0 spiro atoms. The summed E-state index contributed by atoms with van der Waals surface area (Å²) in [6.07, 6.45) is -2.46. The number of nitrogens with one attached hydrogen (secondary N) is 2. The van der Waals surface area contributed by atoms with Crippen molar-refractivity contribution in [1.82, 2.24) is 10.3 Å². The molecule has 160 valence electrons. The number of nitriles is 1. The second-order valence-corrected chi connectivity index (χ2v) is 6.83. The van der Waals surface area contributed by atoms with Crippen LogP contribution in [0, 0.1) is 11.3 Å². The number of benzene rings is 1. The van der Waals surface area contributed by atoms with E-state index in [1.807, 2.05) is 6.07 Å². The topological polar surface area (TPSA) is 115 Å². The number of alkyl halides is 3.